The Morgan fingerprint density at radius 1 is 1.00 bits per heavy atom. The van der Waals surface area contributed by atoms with Gasteiger partial charge < -0.3 is 10.0 Å². The summed E-state index contributed by atoms with van der Waals surface area (Å²) in [5.41, 5.74) is 4.17. The van der Waals surface area contributed by atoms with E-state index in [1.54, 1.807) is 11.0 Å². The molecule has 0 heterocycles. The molecule has 0 bridgehead atoms. The van der Waals surface area contributed by atoms with Crippen molar-refractivity contribution in [3.05, 3.63) is 46.3 Å². The number of nitrogens with zero attached hydrogens (tertiary/aromatic N) is 1. The van der Waals surface area contributed by atoms with Gasteiger partial charge in [-0.25, -0.2) is 0 Å². The third-order valence-corrected chi connectivity index (χ3v) is 11.0. The minimum absolute atomic E-state index is 0.0552. The second-order valence-electron chi connectivity index (χ2n) is 13.2. The zero-order valence-electron chi connectivity index (χ0n) is 22.0. The molecule has 0 spiro atoms. The number of allylic oxidation sites excluding steroid dienone is 7. The molecular weight excluding hydrogens is 422 g/mol. The summed E-state index contributed by atoms with van der Waals surface area (Å²) >= 11 is 0. The molecule has 1 N–H and O–H groups in total. The monoisotopic (exact) mass is 463 g/mol. The lowest BCUT2D eigenvalue weighted by atomic mass is 9.39. The first-order chi connectivity index (χ1) is 15.8. The van der Waals surface area contributed by atoms with E-state index in [4.69, 9.17) is 0 Å². The van der Waals surface area contributed by atoms with Crippen molar-refractivity contribution in [2.75, 3.05) is 14.1 Å². The number of rotatable bonds is 1. The van der Waals surface area contributed by atoms with Crippen molar-refractivity contribution in [1.82, 2.24) is 4.90 Å². The molecule has 1 amide bonds. The predicted octanol–water partition coefficient (Wildman–Crippen LogP) is 6.31. The van der Waals surface area contributed by atoms with Crippen molar-refractivity contribution in [3.8, 4) is 0 Å². The highest BCUT2D eigenvalue weighted by Crippen LogP contribution is 2.70. The molecule has 4 heteroatoms. The van der Waals surface area contributed by atoms with Gasteiger partial charge in [0.2, 0.25) is 11.7 Å². The Balaban J connectivity index is 1.57. The molecule has 6 atom stereocenters. The van der Waals surface area contributed by atoms with E-state index in [2.05, 4.69) is 39.8 Å². The van der Waals surface area contributed by atoms with Gasteiger partial charge >= 0.3 is 0 Å². The van der Waals surface area contributed by atoms with E-state index in [-0.39, 0.29) is 33.7 Å². The van der Waals surface area contributed by atoms with E-state index in [1.807, 2.05) is 21.0 Å². The number of aliphatic hydroxyl groups excluding tert-OH is 1. The van der Waals surface area contributed by atoms with Gasteiger partial charge in [-0.3, -0.25) is 9.59 Å². The molecule has 4 nitrogen and oxygen atoms in total. The van der Waals surface area contributed by atoms with Crippen LogP contribution in [0.1, 0.15) is 79.6 Å². The van der Waals surface area contributed by atoms with Crippen LogP contribution in [0.3, 0.4) is 0 Å². The smallest absolute Gasteiger partial charge is 0.227 e. The first-order valence-corrected chi connectivity index (χ1v) is 13.1. The molecule has 0 aromatic heterocycles. The maximum atomic E-state index is 13.2. The normalized spacial score (nSPS) is 43.5. The van der Waals surface area contributed by atoms with E-state index in [9.17, 15) is 14.7 Å². The lowest BCUT2D eigenvalue weighted by molar-refractivity contribution is -0.152. The molecule has 5 rings (SSSR count). The molecule has 5 aliphatic carbocycles. The highest BCUT2D eigenvalue weighted by Gasteiger charge is 2.62. The van der Waals surface area contributed by atoms with Gasteiger partial charge in [0.1, 0.15) is 0 Å². The van der Waals surface area contributed by atoms with E-state index in [0.717, 1.165) is 49.7 Å². The van der Waals surface area contributed by atoms with Crippen molar-refractivity contribution < 1.29 is 14.7 Å². The van der Waals surface area contributed by atoms with Gasteiger partial charge in [-0.05, 0) is 91.8 Å². The van der Waals surface area contributed by atoms with Gasteiger partial charge in [0.05, 0.1) is 0 Å². The van der Waals surface area contributed by atoms with E-state index >= 15 is 0 Å². The summed E-state index contributed by atoms with van der Waals surface area (Å²) in [5, 5.41) is 10.3. The molecule has 3 fully saturated rings. The van der Waals surface area contributed by atoms with Gasteiger partial charge in [-0.1, -0.05) is 45.4 Å². The van der Waals surface area contributed by atoms with Gasteiger partial charge in [-0.2, -0.15) is 0 Å². The van der Waals surface area contributed by atoms with Gasteiger partial charge in [0.25, 0.3) is 0 Å². The maximum Gasteiger partial charge on any atom is 0.227 e. The van der Waals surface area contributed by atoms with Gasteiger partial charge in [0, 0.05) is 30.5 Å². The minimum Gasteiger partial charge on any atom is -0.504 e. The third-order valence-electron chi connectivity index (χ3n) is 11.0. The molecular formula is C30H41NO3. The molecule has 0 radical (unpaired) electrons. The summed E-state index contributed by atoms with van der Waals surface area (Å²) in [6, 6.07) is 0. The van der Waals surface area contributed by atoms with Crippen LogP contribution in [0.4, 0.5) is 0 Å². The summed E-state index contributed by atoms with van der Waals surface area (Å²) in [7, 11) is 3.78. The standard InChI is InChI=1S/C30H41NO3/c1-18-19-8-9-24-29(4,21(19)16-23(32)25(18)33)11-10-20-22-17-28(3,26(34)31(6)7)13-12-27(22,2)14-15-30(20,24)5/h8-9,16,20,22,33H,10-15,17H2,1-7H3/t20?,22?,27?,28-,29?,30?/m1/s1. The molecule has 0 aromatic carbocycles. The van der Waals surface area contributed by atoms with Crippen LogP contribution in [0.2, 0.25) is 0 Å². The molecule has 5 aliphatic rings. The molecule has 3 saturated carbocycles. The highest BCUT2D eigenvalue weighted by atomic mass is 16.3. The van der Waals surface area contributed by atoms with Crippen LogP contribution in [0.5, 0.6) is 0 Å². The Kier molecular flexibility index (Phi) is 5.01. The summed E-state index contributed by atoms with van der Waals surface area (Å²) in [4.78, 5) is 27.6. The lowest BCUT2D eigenvalue weighted by Crippen LogP contribution is -2.57. The molecule has 184 valence electrons. The molecule has 0 saturated heterocycles. The van der Waals surface area contributed by atoms with Crippen LogP contribution in [0.25, 0.3) is 0 Å². The van der Waals surface area contributed by atoms with Crippen LogP contribution in [0, 0.1) is 33.5 Å². The third kappa shape index (κ3) is 2.96. The average molecular weight is 464 g/mol. The number of aliphatic hydroxyl groups is 1. The van der Waals surface area contributed by atoms with E-state index in [1.165, 1.54) is 12.0 Å². The average Bonchev–Trinajstić information content (AvgIpc) is 2.78. The number of hydrogen-bond donors (Lipinski definition) is 1. The van der Waals surface area contributed by atoms with Gasteiger partial charge in [-0.15, -0.1) is 0 Å². The van der Waals surface area contributed by atoms with Crippen molar-refractivity contribution in [3.63, 3.8) is 0 Å². The second kappa shape index (κ2) is 7.21. The molecule has 0 aliphatic heterocycles. The predicted molar refractivity (Wildman–Crippen MR) is 135 cm³/mol. The van der Waals surface area contributed by atoms with E-state index in [0.29, 0.717) is 22.8 Å². The number of amides is 1. The summed E-state index contributed by atoms with van der Waals surface area (Å²) in [5.74, 6) is 0.967. The highest BCUT2D eigenvalue weighted by molar-refractivity contribution is 6.06. The fourth-order valence-electron chi connectivity index (χ4n) is 8.77. The van der Waals surface area contributed by atoms with Crippen LogP contribution >= 0.6 is 0 Å². The topological polar surface area (TPSA) is 57.6 Å². The van der Waals surface area contributed by atoms with Crippen molar-refractivity contribution in [1.29, 1.82) is 0 Å². The van der Waals surface area contributed by atoms with Crippen LogP contribution in [0.15, 0.2) is 46.3 Å². The number of ketones is 1. The quantitative estimate of drug-likeness (QED) is 0.496. The Morgan fingerprint density at radius 2 is 1.68 bits per heavy atom. The summed E-state index contributed by atoms with van der Waals surface area (Å²) in [6.45, 7) is 11.3. The Morgan fingerprint density at radius 3 is 2.35 bits per heavy atom. The van der Waals surface area contributed by atoms with Crippen LogP contribution in [-0.4, -0.2) is 35.8 Å². The van der Waals surface area contributed by atoms with Crippen molar-refractivity contribution in [2.24, 2.45) is 33.5 Å². The summed E-state index contributed by atoms with van der Waals surface area (Å²) in [6.07, 6.45) is 13.7. The van der Waals surface area contributed by atoms with Crippen molar-refractivity contribution in [2.45, 2.75) is 79.6 Å². The Hall–Kier alpha value is -2.10. The molecule has 0 aromatic rings. The second-order valence-corrected chi connectivity index (χ2v) is 13.2. The minimum atomic E-state index is -0.279. The number of carbonyl (C=O) groups is 2. The summed E-state index contributed by atoms with van der Waals surface area (Å²) < 4.78 is 0. The Labute approximate surface area is 204 Å². The zero-order chi connectivity index (χ0) is 24.8. The van der Waals surface area contributed by atoms with E-state index < -0.39 is 0 Å². The molecule has 34 heavy (non-hydrogen) atoms. The van der Waals surface area contributed by atoms with Crippen LogP contribution in [-0.2, 0) is 9.59 Å². The zero-order valence-corrected chi connectivity index (χ0v) is 22.0. The number of hydrogen-bond acceptors (Lipinski definition) is 3. The largest absolute Gasteiger partial charge is 0.504 e. The van der Waals surface area contributed by atoms with Crippen LogP contribution < -0.4 is 0 Å². The maximum absolute atomic E-state index is 13.2. The fourth-order valence-corrected chi connectivity index (χ4v) is 8.77. The number of carbonyl (C=O) groups excluding carboxylic acids is 2. The Bertz CT molecular complexity index is 1110. The van der Waals surface area contributed by atoms with Crippen molar-refractivity contribution >= 4 is 11.7 Å². The SMILES string of the molecule is CC1=C(O)C(=O)C=C2C1=CC=C1C2(C)CCC2C3C[C@](C)(C(=O)N(C)C)CCC3(C)CCC12C. The number of fused-ring (bicyclic) bond motifs is 7. The lowest BCUT2D eigenvalue weighted by Gasteiger charge is -2.65. The molecule has 5 unspecified atom stereocenters. The van der Waals surface area contributed by atoms with Gasteiger partial charge in [0.15, 0.2) is 5.76 Å². The first kappa shape index (κ1) is 23.6. The first-order valence-electron chi connectivity index (χ1n) is 13.1. The fraction of sp³-hybridized carbons (Fsp3) is 0.667.